The lowest BCUT2D eigenvalue weighted by molar-refractivity contribution is 0.200. The lowest BCUT2D eigenvalue weighted by Crippen LogP contribution is -2.13. The third-order valence-corrected chi connectivity index (χ3v) is 5.80. The number of aromatic nitrogens is 1. The van der Waals surface area contributed by atoms with Crippen LogP contribution in [0.1, 0.15) is 55.6 Å². The van der Waals surface area contributed by atoms with Gasteiger partial charge in [-0.05, 0) is 85.9 Å². The third-order valence-electron chi connectivity index (χ3n) is 5.80. The summed E-state index contributed by atoms with van der Waals surface area (Å²) in [6.07, 6.45) is 19.0. The Morgan fingerprint density at radius 1 is 1.04 bits per heavy atom. The fourth-order valence-corrected chi connectivity index (χ4v) is 4.26. The van der Waals surface area contributed by atoms with Crippen LogP contribution in [-0.4, -0.2) is 18.2 Å². The molecule has 3 nitrogen and oxygen atoms in total. The molecule has 1 heterocycles. The number of hydrogen-bond acceptors (Lipinski definition) is 3. The molecule has 146 valence electrons. The molecule has 2 aliphatic carbocycles. The van der Waals surface area contributed by atoms with Crippen LogP contribution in [0.15, 0.2) is 66.5 Å². The standard InChI is InChI=1S/C25H29NO2/c1-27-24-12-11-21(18-25(24)28-22-9-5-6-10-22)23(20-7-3-2-4-8-20)17-19-13-15-26-16-14-19/h3,7-8,11-16,18,22-23H,2,4-6,9-10,17H2,1H3/t23-/m1/s1. The summed E-state index contributed by atoms with van der Waals surface area (Å²) in [6.45, 7) is 0. The van der Waals surface area contributed by atoms with E-state index in [2.05, 4.69) is 53.5 Å². The van der Waals surface area contributed by atoms with Crippen molar-refractivity contribution in [2.24, 2.45) is 0 Å². The monoisotopic (exact) mass is 375 g/mol. The third kappa shape index (κ3) is 4.46. The van der Waals surface area contributed by atoms with E-state index in [1.54, 1.807) is 7.11 Å². The van der Waals surface area contributed by atoms with Gasteiger partial charge < -0.3 is 9.47 Å². The molecule has 2 aliphatic rings. The highest BCUT2D eigenvalue weighted by atomic mass is 16.5. The highest BCUT2D eigenvalue weighted by Gasteiger charge is 2.22. The van der Waals surface area contributed by atoms with E-state index in [0.29, 0.717) is 12.0 Å². The predicted molar refractivity (Wildman–Crippen MR) is 113 cm³/mol. The largest absolute Gasteiger partial charge is 0.493 e. The van der Waals surface area contributed by atoms with E-state index in [0.717, 1.165) is 43.6 Å². The minimum absolute atomic E-state index is 0.302. The van der Waals surface area contributed by atoms with Crippen LogP contribution >= 0.6 is 0 Å². The molecule has 0 N–H and O–H groups in total. The molecular weight excluding hydrogens is 346 g/mol. The van der Waals surface area contributed by atoms with E-state index in [1.165, 1.54) is 29.5 Å². The minimum Gasteiger partial charge on any atom is -0.493 e. The summed E-state index contributed by atoms with van der Waals surface area (Å²) in [6, 6.07) is 10.7. The molecule has 0 saturated heterocycles. The second-order valence-electron chi connectivity index (χ2n) is 7.73. The number of benzene rings is 1. The molecule has 0 amide bonds. The molecule has 4 rings (SSSR count). The van der Waals surface area contributed by atoms with Gasteiger partial charge in [0.25, 0.3) is 0 Å². The maximum atomic E-state index is 6.35. The highest BCUT2D eigenvalue weighted by Crippen LogP contribution is 2.38. The van der Waals surface area contributed by atoms with E-state index in [9.17, 15) is 0 Å². The van der Waals surface area contributed by atoms with Crippen molar-refractivity contribution in [2.45, 2.75) is 57.0 Å². The molecule has 1 aromatic heterocycles. The Balaban J connectivity index is 1.66. The zero-order valence-corrected chi connectivity index (χ0v) is 16.6. The van der Waals surface area contributed by atoms with E-state index in [-0.39, 0.29) is 0 Å². The van der Waals surface area contributed by atoms with Gasteiger partial charge in [-0.3, -0.25) is 4.98 Å². The lowest BCUT2D eigenvalue weighted by Gasteiger charge is -2.23. The summed E-state index contributed by atoms with van der Waals surface area (Å²) in [5.41, 5.74) is 3.97. The zero-order chi connectivity index (χ0) is 19.2. The van der Waals surface area contributed by atoms with Crippen molar-refractivity contribution in [3.8, 4) is 11.5 Å². The quantitative estimate of drug-likeness (QED) is 0.593. The lowest BCUT2D eigenvalue weighted by atomic mass is 9.83. The molecule has 1 atom stereocenters. The summed E-state index contributed by atoms with van der Waals surface area (Å²) in [5.74, 6) is 2.01. The number of nitrogens with zero attached hydrogens (tertiary/aromatic N) is 1. The van der Waals surface area contributed by atoms with E-state index < -0.39 is 0 Å². The average molecular weight is 376 g/mol. The van der Waals surface area contributed by atoms with Crippen LogP contribution in [0.4, 0.5) is 0 Å². The number of pyridine rings is 1. The van der Waals surface area contributed by atoms with Crippen molar-refractivity contribution < 1.29 is 9.47 Å². The Morgan fingerprint density at radius 3 is 2.57 bits per heavy atom. The van der Waals surface area contributed by atoms with Gasteiger partial charge in [-0.25, -0.2) is 0 Å². The van der Waals surface area contributed by atoms with Crippen molar-refractivity contribution in [2.75, 3.05) is 7.11 Å². The van der Waals surface area contributed by atoms with Crippen LogP contribution < -0.4 is 9.47 Å². The van der Waals surface area contributed by atoms with Crippen molar-refractivity contribution >= 4 is 0 Å². The normalized spacial score (nSPS) is 18.0. The van der Waals surface area contributed by atoms with Crippen LogP contribution in [0.2, 0.25) is 0 Å². The van der Waals surface area contributed by atoms with Gasteiger partial charge >= 0.3 is 0 Å². The van der Waals surface area contributed by atoms with Crippen molar-refractivity contribution in [1.29, 1.82) is 0 Å². The number of hydrogen-bond donors (Lipinski definition) is 0. The van der Waals surface area contributed by atoms with Crippen molar-refractivity contribution in [3.63, 3.8) is 0 Å². The molecule has 0 aliphatic heterocycles. The van der Waals surface area contributed by atoms with Crippen LogP contribution in [0.3, 0.4) is 0 Å². The molecule has 2 aromatic rings. The summed E-state index contributed by atoms with van der Waals surface area (Å²) < 4.78 is 11.9. The topological polar surface area (TPSA) is 31.4 Å². The molecule has 28 heavy (non-hydrogen) atoms. The van der Waals surface area contributed by atoms with Crippen LogP contribution in [0, 0.1) is 0 Å². The number of methoxy groups -OCH3 is 1. The molecule has 1 fully saturated rings. The number of rotatable bonds is 7. The summed E-state index contributed by atoms with van der Waals surface area (Å²) in [5, 5.41) is 0. The molecular formula is C25H29NO2. The molecule has 0 radical (unpaired) electrons. The van der Waals surface area contributed by atoms with Gasteiger partial charge in [0.1, 0.15) is 0 Å². The van der Waals surface area contributed by atoms with Gasteiger partial charge in [-0.1, -0.05) is 24.3 Å². The fraction of sp³-hybridized carbons (Fsp3) is 0.400. The van der Waals surface area contributed by atoms with Crippen molar-refractivity contribution in [3.05, 3.63) is 77.7 Å². The smallest absolute Gasteiger partial charge is 0.161 e. The average Bonchev–Trinajstić information content (AvgIpc) is 3.26. The summed E-state index contributed by atoms with van der Waals surface area (Å²) >= 11 is 0. The van der Waals surface area contributed by atoms with Gasteiger partial charge in [0.05, 0.1) is 13.2 Å². The van der Waals surface area contributed by atoms with E-state index >= 15 is 0 Å². The van der Waals surface area contributed by atoms with Gasteiger partial charge in [-0.2, -0.15) is 0 Å². The Hall–Kier alpha value is -2.55. The second kappa shape index (κ2) is 9.09. The minimum atomic E-state index is 0.302. The van der Waals surface area contributed by atoms with Gasteiger partial charge in [-0.15, -0.1) is 0 Å². The molecule has 0 spiro atoms. The predicted octanol–water partition coefficient (Wildman–Crippen LogP) is 6.01. The number of allylic oxidation sites excluding steroid dienone is 4. The van der Waals surface area contributed by atoms with Gasteiger partial charge in [0.2, 0.25) is 0 Å². The van der Waals surface area contributed by atoms with Crippen molar-refractivity contribution in [1.82, 2.24) is 4.98 Å². The fourth-order valence-electron chi connectivity index (χ4n) is 4.26. The molecule has 0 unspecified atom stereocenters. The van der Waals surface area contributed by atoms with Gasteiger partial charge in [0.15, 0.2) is 11.5 Å². The molecule has 3 heteroatoms. The maximum absolute atomic E-state index is 6.35. The zero-order valence-electron chi connectivity index (χ0n) is 16.6. The first-order valence-electron chi connectivity index (χ1n) is 10.4. The first-order chi connectivity index (χ1) is 13.8. The second-order valence-corrected chi connectivity index (χ2v) is 7.73. The first-order valence-corrected chi connectivity index (χ1v) is 10.4. The molecule has 1 aromatic carbocycles. The van der Waals surface area contributed by atoms with Gasteiger partial charge in [0, 0.05) is 18.3 Å². The van der Waals surface area contributed by atoms with Crippen LogP contribution in [-0.2, 0) is 6.42 Å². The Labute approximate surface area is 168 Å². The Bertz CT molecular complexity index is 835. The Morgan fingerprint density at radius 2 is 1.86 bits per heavy atom. The van der Waals surface area contributed by atoms with Crippen LogP contribution in [0.25, 0.3) is 0 Å². The molecule has 0 bridgehead atoms. The first kappa shape index (κ1) is 18.8. The van der Waals surface area contributed by atoms with Crippen LogP contribution in [0.5, 0.6) is 11.5 Å². The van der Waals surface area contributed by atoms with E-state index in [1.807, 2.05) is 12.4 Å². The van der Waals surface area contributed by atoms with E-state index in [4.69, 9.17) is 9.47 Å². The number of ether oxygens (including phenoxy) is 2. The maximum Gasteiger partial charge on any atom is 0.161 e. The SMILES string of the molecule is COc1ccc([C@H](Cc2ccncc2)C2=CCCC=C2)cc1OC1CCCC1. The molecule has 1 saturated carbocycles. The highest BCUT2D eigenvalue weighted by molar-refractivity contribution is 5.48. The summed E-state index contributed by atoms with van der Waals surface area (Å²) in [7, 11) is 1.72. The Kier molecular flexibility index (Phi) is 6.11. The summed E-state index contributed by atoms with van der Waals surface area (Å²) in [4.78, 5) is 4.17.